The number of rotatable bonds is 2. The summed E-state index contributed by atoms with van der Waals surface area (Å²) in [5.74, 6) is 0.356. The van der Waals surface area contributed by atoms with Gasteiger partial charge in [0.15, 0.2) is 0 Å². The molecule has 84 valence electrons. The summed E-state index contributed by atoms with van der Waals surface area (Å²) in [7, 11) is 1.55. The molecule has 0 aromatic heterocycles. The van der Waals surface area contributed by atoms with Crippen molar-refractivity contribution in [1.29, 1.82) is 0 Å². The summed E-state index contributed by atoms with van der Waals surface area (Å²) < 4.78 is 5.17. The van der Waals surface area contributed by atoms with Crippen molar-refractivity contribution in [2.45, 2.75) is 6.10 Å². The summed E-state index contributed by atoms with van der Waals surface area (Å²) in [6, 6.07) is 7.20. The molecule has 0 saturated carbocycles. The minimum absolute atomic E-state index is 0.228. The summed E-state index contributed by atoms with van der Waals surface area (Å²) in [5, 5.41) is 9.56. The number of carbonyl (C=O) groups excluding carboxylic acids is 1. The van der Waals surface area contributed by atoms with Gasteiger partial charge < -0.3 is 14.7 Å². The summed E-state index contributed by atoms with van der Waals surface area (Å²) in [5.41, 5.74) is 0.888. The zero-order valence-corrected chi connectivity index (χ0v) is 9.01. The molecule has 1 aromatic carbocycles. The minimum Gasteiger partial charge on any atom is -0.495 e. The number of anilines is 1. The van der Waals surface area contributed by atoms with E-state index in [2.05, 4.69) is 6.58 Å². The van der Waals surface area contributed by atoms with E-state index in [0.717, 1.165) is 0 Å². The van der Waals surface area contributed by atoms with Crippen LogP contribution in [0.15, 0.2) is 36.4 Å². The van der Waals surface area contributed by atoms with Crippen molar-refractivity contribution in [3.63, 3.8) is 0 Å². The molecule has 1 amide bonds. The molecule has 1 aliphatic rings. The Labute approximate surface area is 93.8 Å². The molecular formula is C12H13NO3. The highest BCUT2D eigenvalue weighted by Gasteiger charge is 2.34. The quantitative estimate of drug-likeness (QED) is 0.754. The van der Waals surface area contributed by atoms with E-state index in [4.69, 9.17) is 4.74 Å². The number of hydrogen-bond donors (Lipinski definition) is 1. The van der Waals surface area contributed by atoms with Crippen molar-refractivity contribution in [1.82, 2.24) is 0 Å². The third kappa shape index (κ3) is 1.57. The third-order valence-corrected chi connectivity index (χ3v) is 2.65. The highest BCUT2D eigenvalue weighted by atomic mass is 16.5. The molecule has 0 aliphatic carbocycles. The van der Waals surface area contributed by atoms with Crippen LogP contribution in [0.25, 0.3) is 0 Å². The molecule has 1 fully saturated rings. The number of amides is 1. The molecule has 0 radical (unpaired) electrons. The highest BCUT2D eigenvalue weighted by Crippen LogP contribution is 2.32. The van der Waals surface area contributed by atoms with Crippen LogP contribution in [0.4, 0.5) is 5.69 Å². The molecule has 1 N–H and O–H groups in total. The lowest BCUT2D eigenvalue weighted by Gasteiger charge is -2.18. The standard InChI is InChI=1S/C12H13NO3/c1-8-10(14)7-13(12(8)15)9-5-3-4-6-11(9)16-2/h3-6,10,14H,1,7H2,2H3/t10-/m1/s1. The van der Waals surface area contributed by atoms with Gasteiger partial charge in [-0.3, -0.25) is 4.79 Å². The topological polar surface area (TPSA) is 49.8 Å². The van der Waals surface area contributed by atoms with E-state index in [0.29, 0.717) is 11.4 Å². The monoisotopic (exact) mass is 219 g/mol. The van der Waals surface area contributed by atoms with Crippen molar-refractivity contribution in [2.75, 3.05) is 18.6 Å². The van der Waals surface area contributed by atoms with Crippen molar-refractivity contribution in [3.8, 4) is 5.75 Å². The Kier molecular flexibility index (Phi) is 2.66. The number of methoxy groups -OCH3 is 1. The maximum atomic E-state index is 11.8. The lowest BCUT2D eigenvalue weighted by atomic mass is 10.2. The van der Waals surface area contributed by atoms with Crippen LogP contribution in [0.1, 0.15) is 0 Å². The first kappa shape index (κ1) is 10.7. The normalized spacial score (nSPS) is 20.4. The second-order valence-corrected chi connectivity index (χ2v) is 3.63. The average Bonchev–Trinajstić information content (AvgIpc) is 2.57. The Hall–Kier alpha value is -1.81. The Morgan fingerprint density at radius 1 is 1.50 bits per heavy atom. The smallest absolute Gasteiger partial charge is 0.256 e. The predicted octanol–water partition coefficient (Wildman–Crippen LogP) is 0.959. The van der Waals surface area contributed by atoms with E-state index in [1.54, 1.807) is 19.2 Å². The van der Waals surface area contributed by atoms with Gasteiger partial charge in [0.05, 0.1) is 19.3 Å². The summed E-state index contributed by atoms with van der Waals surface area (Å²) >= 11 is 0. The fourth-order valence-electron chi connectivity index (χ4n) is 1.74. The van der Waals surface area contributed by atoms with Crippen molar-refractivity contribution >= 4 is 11.6 Å². The number of ether oxygens (including phenoxy) is 1. The van der Waals surface area contributed by atoms with Crippen molar-refractivity contribution in [2.24, 2.45) is 0 Å². The summed E-state index contributed by atoms with van der Waals surface area (Å²) in [6.07, 6.45) is -0.794. The number of carbonyl (C=O) groups is 1. The lowest BCUT2D eigenvalue weighted by molar-refractivity contribution is -0.114. The highest BCUT2D eigenvalue weighted by molar-refractivity contribution is 6.09. The van der Waals surface area contributed by atoms with Crippen LogP contribution < -0.4 is 9.64 Å². The van der Waals surface area contributed by atoms with Crippen molar-refractivity contribution < 1.29 is 14.6 Å². The van der Waals surface area contributed by atoms with Gasteiger partial charge >= 0.3 is 0 Å². The molecule has 16 heavy (non-hydrogen) atoms. The molecule has 4 heteroatoms. The maximum Gasteiger partial charge on any atom is 0.256 e. The second-order valence-electron chi connectivity index (χ2n) is 3.63. The van der Waals surface area contributed by atoms with Crippen LogP contribution >= 0.6 is 0 Å². The first-order valence-electron chi connectivity index (χ1n) is 4.97. The Morgan fingerprint density at radius 2 is 2.19 bits per heavy atom. The number of hydrogen-bond acceptors (Lipinski definition) is 3. The molecule has 0 unspecified atom stereocenters. The number of para-hydroxylation sites is 2. The van der Waals surface area contributed by atoms with Gasteiger partial charge in [0.2, 0.25) is 0 Å². The molecule has 1 saturated heterocycles. The fraction of sp³-hybridized carbons (Fsp3) is 0.250. The Bertz CT molecular complexity index is 442. The molecule has 1 atom stereocenters. The van der Waals surface area contributed by atoms with Crippen LogP contribution in [0.2, 0.25) is 0 Å². The van der Waals surface area contributed by atoms with Crippen LogP contribution in [0, 0.1) is 0 Å². The maximum absolute atomic E-state index is 11.8. The second kappa shape index (κ2) is 3.98. The zero-order valence-electron chi connectivity index (χ0n) is 9.01. The van der Waals surface area contributed by atoms with E-state index >= 15 is 0 Å². The van der Waals surface area contributed by atoms with E-state index in [9.17, 15) is 9.90 Å². The van der Waals surface area contributed by atoms with Crippen LogP contribution in [0.3, 0.4) is 0 Å². The number of β-amino-alcohol motifs (C(OH)–C–C–N with tert-alkyl or cyclic N) is 1. The molecule has 0 bridgehead atoms. The number of aliphatic hydroxyl groups excluding tert-OH is 1. The minimum atomic E-state index is -0.794. The third-order valence-electron chi connectivity index (χ3n) is 2.65. The number of nitrogens with zero attached hydrogens (tertiary/aromatic N) is 1. The average molecular weight is 219 g/mol. The van der Waals surface area contributed by atoms with Gasteiger partial charge in [0.25, 0.3) is 5.91 Å². The Morgan fingerprint density at radius 3 is 2.75 bits per heavy atom. The van der Waals surface area contributed by atoms with E-state index in [1.807, 2.05) is 12.1 Å². The first-order valence-corrected chi connectivity index (χ1v) is 4.97. The molecule has 0 spiro atoms. The Balaban J connectivity index is 2.38. The number of aliphatic hydroxyl groups is 1. The van der Waals surface area contributed by atoms with Gasteiger partial charge in [-0.05, 0) is 12.1 Å². The summed E-state index contributed by atoms with van der Waals surface area (Å²) in [4.78, 5) is 13.3. The van der Waals surface area contributed by atoms with Crippen LogP contribution in [-0.2, 0) is 4.79 Å². The van der Waals surface area contributed by atoms with Gasteiger partial charge in [-0.1, -0.05) is 18.7 Å². The van der Waals surface area contributed by atoms with E-state index in [-0.39, 0.29) is 18.0 Å². The van der Waals surface area contributed by atoms with Gasteiger partial charge in [-0.2, -0.15) is 0 Å². The van der Waals surface area contributed by atoms with Gasteiger partial charge in [0, 0.05) is 5.57 Å². The molecule has 4 nitrogen and oxygen atoms in total. The predicted molar refractivity (Wildman–Crippen MR) is 60.5 cm³/mol. The molecule has 1 heterocycles. The molecule has 1 aliphatic heterocycles. The van der Waals surface area contributed by atoms with E-state index in [1.165, 1.54) is 4.90 Å². The van der Waals surface area contributed by atoms with Gasteiger partial charge in [0.1, 0.15) is 11.9 Å². The van der Waals surface area contributed by atoms with Crippen LogP contribution in [0.5, 0.6) is 5.75 Å². The molecule has 2 rings (SSSR count). The molecule has 1 aromatic rings. The van der Waals surface area contributed by atoms with E-state index < -0.39 is 6.10 Å². The van der Waals surface area contributed by atoms with Gasteiger partial charge in [-0.25, -0.2) is 0 Å². The SMILES string of the molecule is C=C1C(=O)N(c2ccccc2OC)C[C@H]1O. The zero-order chi connectivity index (χ0) is 11.7. The first-order chi connectivity index (χ1) is 7.65. The van der Waals surface area contributed by atoms with Gasteiger partial charge in [-0.15, -0.1) is 0 Å². The fourth-order valence-corrected chi connectivity index (χ4v) is 1.74. The number of benzene rings is 1. The lowest BCUT2D eigenvalue weighted by Crippen LogP contribution is -2.25. The molecular weight excluding hydrogens is 206 g/mol. The summed E-state index contributed by atoms with van der Waals surface area (Å²) in [6.45, 7) is 3.80. The largest absolute Gasteiger partial charge is 0.495 e. The van der Waals surface area contributed by atoms with Crippen LogP contribution in [-0.4, -0.2) is 30.8 Å². The van der Waals surface area contributed by atoms with Crippen molar-refractivity contribution in [3.05, 3.63) is 36.4 Å².